The first-order chi connectivity index (χ1) is 7.61. The highest BCUT2D eigenvalue weighted by atomic mass is 19.1. The van der Waals surface area contributed by atoms with E-state index < -0.39 is 5.82 Å². The van der Waals surface area contributed by atoms with Crippen molar-refractivity contribution < 1.29 is 9.13 Å². The summed E-state index contributed by atoms with van der Waals surface area (Å²) in [5.74, 6) is 0.515. The minimum absolute atomic E-state index is 0.257. The zero-order valence-electron chi connectivity index (χ0n) is 9.59. The molecule has 0 amide bonds. The highest BCUT2D eigenvalue weighted by Gasteiger charge is 2.32. The highest BCUT2D eigenvalue weighted by Crippen LogP contribution is 2.36. The predicted molar refractivity (Wildman–Crippen MR) is 63.2 cm³/mol. The molecule has 2 atom stereocenters. The zero-order chi connectivity index (χ0) is 11.7. The van der Waals surface area contributed by atoms with E-state index in [2.05, 4.69) is 12.2 Å². The molecule has 0 bridgehead atoms. The Morgan fingerprint density at radius 3 is 2.81 bits per heavy atom. The van der Waals surface area contributed by atoms with Gasteiger partial charge in [-0.15, -0.1) is 0 Å². The lowest BCUT2D eigenvalue weighted by Gasteiger charge is -2.12. The van der Waals surface area contributed by atoms with Crippen LogP contribution >= 0.6 is 0 Å². The van der Waals surface area contributed by atoms with E-state index in [1.54, 1.807) is 6.07 Å². The molecule has 16 heavy (non-hydrogen) atoms. The second-order valence-electron chi connectivity index (χ2n) is 4.27. The third-order valence-corrected chi connectivity index (χ3v) is 2.85. The molecule has 88 valence electrons. The zero-order valence-corrected chi connectivity index (χ0v) is 9.59. The Morgan fingerprint density at radius 1 is 1.56 bits per heavy atom. The van der Waals surface area contributed by atoms with Crippen molar-refractivity contribution in [2.75, 3.05) is 17.7 Å². The first kappa shape index (κ1) is 11.0. The number of rotatable bonds is 4. The molecule has 2 unspecified atom stereocenters. The van der Waals surface area contributed by atoms with Crippen LogP contribution < -0.4 is 15.8 Å². The molecular weight excluding hydrogens is 207 g/mol. The van der Waals surface area contributed by atoms with Crippen molar-refractivity contribution in [3.8, 4) is 5.75 Å². The van der Waals surface area contributed by atoms with Crippen LogP contribution in [-0.2, 0) is 0 Å². The van der Waals surface area contributed by atoms with Crippen LogP contribution in [0.5, 0.6) is 5.75 Å². The van der Waals surface area contributed by atoms with Crippen molar-refractivity contribution in [2.45, 2.75) is 26.3 Å². The first-order valence-corrected chi connectivity index (χ1v) is 5.60. The smallest absolute Gasteiger partial charge is 0.167 e. The Hall–Kier alpha value is -1.45. The number of nitrogen functional groups attached to an aromatic ring is 1. The van der Waals surface area contributed by atoms with E-state index >= 15 is 0 Å². The fraction of sp³-hybridized carbons (Fsp3) is 0.500. The van der Waals surface area contributed by atoms with E-state index in [1.807, 2.05) is 6.92 Å². The van der Waals surface area contributed by atoms with E-state index in [4.69, 9.17) is 10.5 Å². The standard InChI is InChI=1S/C12H17FN2O/c1-3-16-12-6-11(9(14)5-8(12)13)15-10-4-7(10)2/h5-7,10,15H,3-4,14H2,1-2H3. The SMILES string of the molecule is CCOc1cc(NC2CC2C)c(N)cc1F. The number of ether oxygens (including phenoxy) is 1. The summed E-state index contributed by atoms with van der Waals surface area (Å²) in [5.41, 5.74) is 6.94. The first-order valence-electron chi connectivity index (χ1n) is 5.60. The summed E-state index contributed by atoms with van der Waals surface area (Å²) in [6.45, 7) is 4.44. The molecule has 1 aliphatic rings. The summed E-state index contributed by atoms with van der Waals surface area (Å²) in [6, 6.07) is 3.40. The minimum Gasteiger partial charge on any atom is -0.491 e. The Morgan fingerprint density at radius 2 is 2.25 bits per heavy atom. The maximum atomic E-state index is 13.4. The van der Waals surface area contributed by atoms with Crippen LogP contribution in [0, 0.1) is 11.7 Å². The van der Waals surface area contributed by atoms with Gasteiger partial charge in [0.1, 0.15) is 0 Å². The maximum Gasteiger partial charge on any atom is 0.167 e. The van der Waals surface area contributed by atoms with Gasteiger partial charge in [-0.25, -0.2) is 4.39 Å². The highest BCUT2D eigenvalue weighted by molar-refractivity contribution is 5.69. The fourth-order valence-corrected chi connectivity index (χ4v) is 1.68. The van der Waals surface area contributed by atoms with Crippen molar-refractivity contribution in [1.82, 2.24) is 0 Å². The molecular formula is C12H17FN2O. The molecule has 1 saturated carbocycles. The summed E-state index contributed by atoms with van der Waals surface area (Å²) in [5, 5.41) is 3.29. The molecule has 0 spiro atoms. The predicted octanol–water partition coefficient (Wildman–Crippen LogP) is 2.63. The average molecular weight is 224 g/mol. The number of hydrogen-bond donors (Lipinski definition) is 2. The van der Waals surface area contributed by atoms with Crippen molar-refractivity contribution in [1.29, 1.82) is 0 Å². The van der Waals surface area contributed by atoms with Crippen LogP contribution in [-0.4, -0.2) is 12.6 Å². The van der Waals surface area contributed by atoms with E-state index in [0.29, 0.717) is 24.3 Å². The van der Waals surface area contributed by atoms with Crippen LogP contribution in [0.1, 0.15) is 20.3 Å². The van der Waals surface area contributed by atoms with Crippen LogP contribution in [0.15, 0.2) is 12.1 Å². The number of nitrogens with two attached hydrogens (primary N) is 1. The largest absolute Gasteiger partial charge is 0.491 e. The summed E-state index contributed by atoms with van der Waals surface area (Å²) >= 11 is 0. The van der Waals surface area contributed by atoms with E-state index in [-0.39, 0.29) is 5.75 Å². The Kier molecular flexibility index (Phi) is 2.90. The number of hydrogen-bond acceptors (Lipinski definition) is 3. The van der Waals surface area contributed by atoms with Crippen molar-refractivity contribution in [2.24, 2.45) is 5.92 Å². The lowest BCUT2D eigenvalue weighted by molar-refractivity contribution is 0.322. The number of nitrogens with one attached hydrogen (secondary N) is 1. The minimum atomic E-state index is -0.409. The second-order valence-corrected chi connectivity index (χ2v) is 4.27. The topological polar surface area (TPSA) is 47.3 Å². The van der Waals surface area contributed by atoms with Gasteiger partial charge >= 0.3 is 0 Å². The van der Waals surface area contributed by atoms with E-state index in [0.717, 1.165) is 12.1 Å². The van der Waals surface area contributed by atoms with Gasteiger partial charge in [0.05, 0.1) is 18.0 Å². The molecule has 0 aliphatic heterocycles. The van der Waals surface area contributed by atoms with Crippen molar-refractivity contribution in [3.63, 3.8) is 0 Å². The quantitative estimate of drug-likeness (QED) is 0.773. The number of anilines is 2. The summed E-state index contributed by atoms with van der Waals surface area (Å²) in [4.78, 5) is 0. The molecule has 0 heterocycles. The molecule has 1 aliphatic carbocycles. The third kappa shape index (κ3) is 2.21. The van der Waals surface area contributed by atoms with Gasteiger partial charge < -0.3 is 15.8 Å². The Bertz CT molecular complexity index is 395. The van der Waals surface area contributed by atoms with Gasteiger partial charge in [-0.1, -0.05) is 6.92 Å². The van der Waals surface area contributed by atoms with Crippen LogP contribution in [0.4, 0.5) is 15.8 Å². The second kappa shape index (κ2) is 4.20. The summed E-state index contributed by atoms with van der Waals surface area (Å²) in [6.07, 6.45) is 1.14. The number of halogens is 1. The number of benzene rings is 1. The molecule has 0 aromatic heterocycles. The van der Waals surface area contributed by atoms with Crippen LogP contribution in [0.2, 0.25) is 0 Å². The molecule has 0 radical (unpaired) electrons. The van der Waals surface area contributed by atoms with Crippen LogP contribution in [0.3, 0.4) is 0 Å². The van der Waals surface area contributed by atoms with E-state index in [1.165, 1.54) is 6.07 Å². The monoisotopic (exact) mass is 224 g/mol. The van der Waals surface area contributed by atoms with E-state index in [9.17, 15) is 4.39 Å². The molecule has 4 heteroatoms. The Balaban J connectivity index is 2.19. The molecule has 1 aromatic carbocycles. The maximum absolute atomic E-state index is 13.4. The van der Waals surface area contributed by atoms with Gasteiger partial charge in [0, 0.05) is 18.2 Å². The normalized spacial score (nSPS) is 22.9. The van der Waals surface area contributed by atoms with Gasteiger partial charge in [0.2, 0.25) is 0 Å². The van der Waals surface area contributed by atoms with Gasteiger partial charge in [-0.05, 0) is 19.3 Å². The summed E-state index contributed by atoms with van der Waals surface area (Å²) < 4.78 is 18.6. The van der Waals surface area contributed by atoms with Gasteiger partial charge in [-0.3, -0.25) is 0 Å². The molecule has 2 rings (SSSR count). The molecule has 0 saturated heterocycles. The van der Waals surface area contributed by atoms with Gasteiger partial charge in [0.25, 0.3) is 0 Å². The van der Waals surface area contributed by atoms with Crippen molar-refractivity contribution >= 4 is 11.4 Å². The average Bonchev–Trinajstić information content (AvgIpc) is 2.90. The van der Waals surface area contributed by atoms with Crippen LogP contribution in [0.25, 0.3) is 0 Å². The Labute approximate surface area is 94.8 Å². The molecule has 1 aromatic rings. The fourth-order valence-electron chi connectivity index (χ4n) is 1.68. The molecule has 3 nitrogen and oxygen atoms in total. The molecule has 1 fully saturated rings. The third-order valence-electron chi connectivity index (χ3n) is 2.85. The molecule has 3 N–H and O–H groups in total. The van der Waals surface area contributed by atoms with Gasteiger partial charge in [-0.2, -0.15) is 0 Å². The lowest BCUT2D eigenvalue weighted by Crippen LogP contribution is -2.07. The lowest BCUT2D eigenvalue weighted by atomic mass is 10.2. The van der Waals surface area contributed by atoms with Gasteiger partial charge in [0.15, 0.2) is 11.6 Å². The van der Waals surface area contributed by atoms with Crippen molar-refractivity contribution in [3.05, 3.63) is 17.9 Å². The summed E-state index contributed by atoms with van der Waals surface area (Å²) in [7, 11) is 0.